The van der Waals surface area contributed by atoms with E-state index < -0.39 is 0 Å². The lowest BCUT2D eigenvalue weighted by Gasteiger charge is -2.12. The van der Waals surface area contributed by atoms with Crippen molar-refractivity contribution in [2.75, 3.05) is 0 Å². The third-order valence-electron chi connectivity index (χ3n) is 10.9. The highest BCUT2D eigenvalue weighted by Gasteiger charge is 2.17. The molecule has 0 N–H and O–H groups in total. The zero-order chi connectivity index (χ0) is 36.3. The second-order valence-electron chi connectivity index (χ2n) is 14.2. The summed E-state index contributed by atoms with van der Waals surface area (Å²) in [4.78, 5) is 10.3. The Balaban J connectivity index is 1.09. The number of hydrogen-bond donors (Lipinski definition) is 0. The summed E-state index contributed by atoms with van der Waals surface area (Å²) < 4.78 is 6.61. The van der Waals surface area contributed by atoms with Crippen LogP contribution in [0.3, 0.4) is 0 Å². The molecule has 0 aliphatic heterocycles. The summed E-state index contributed by atoms with van der Waals surface area (Å²) in [6.45, 7) is 0. The minimum Gasteiger partial charge on any atom is -0.456 e. The third kappa shape index (κ3) is 5.36. The summed E-state index contributed by atoms with van der Waals surface area (Å²) in [5.41, 5.74) is 11.2. The molecule has 0 aliphatic carbocycles. The summed E-state index contributed by atoms with van der Waals surface area (Å²) in [5.74, 6) is 0.686. The first kappa shape index (κ1) is 31.2. The van der Waals surface area contributed by atoms with Gasteiger partial charge in [0.2, 0.25) is 0 Å². The van der Waals surface area contributed by atoms with Gasteiger partial charge in [0.15, 0.2) is 5.82 Å². The summed E-state index contributed by atoms with van der Waals surface area (Å²) >= 11 is 0. The van der Waals surface area contributed by atoms with Crippen molar-refractivity contribution in [3.63, 3.8) is 0 Å². The first-order valence-electron chi connectivity index (χ1n) is 18.6. The molecule has 0 saturated heterocycles. The van der Waals surface area contributed by atoms with E-state index in [1.807, 2.05) is 12.1 Å². The number of furan rings is 1. The number of hydrogen-bond acceptors (Lipinski definition) is 3. The Morgan fingerprint density at radius 1 is 0.255 bits per heavy atom. The van der Waals surface area contributed by atoms with E-state index in [1.54, 1.807) is 0 Å². The van der Waals surface area contributed by atoms with Crippen LogP contribution in [0.1, 0.15) is 0 Å². The summed E-state index contributed by atoms with van der Waals surface area (Å²) in [7, 11) is 0. The van der Waals surface area contributed by atoms with Crippen molar-refractivity contribution in [2.45, 2.75) is 0 Å². The number of nitrogens with zero attached hydrogens (tertiary/aromatic N) is 2. The van der Waals surface area contributed by atoms with Gasteiger partial charge in [0.05, 0.1) is 11.4 Å². The molecule has 11 rings (SSSR count). The van der Waals surface area contributed by atoms with Gasteiger partial charge in [-0.05, 0) is 103 Å². The Hall–Kier alpha value is -7.36. The normalized spacial score (nSPS) is 11.6. The Labute approximate surface area is 317 Å². The molecule has 0 spiro atoms. The van der Waals surface area contributed by atoms with Crippen molar-refractivity contribution in [1.82, 2.24) is 9.97 Å². The monoisotopic (exact) mass is 700 g/mol. The first-order valence-corrected chi connectivity index (χ1v) is 18.6. The number of aromatic nitrogens is 2. The minimum atomic E-state index is 0.686. The first-order chi connectivity index (χ1) is 27.2. The second-order valence-corrected chi connectivity index (χ2v) is 14.2. The van der Waals surface area contributed by atoms with Gasteiger partial charge >= 0.3 is 0 Å². The van der Waals surface area contributed by atoms with E-state index >= 15 is 0 Å². The molecule has 0 fully saturated rings. The molecule has 11 aromatic rings. The molecule has 256 valence electrons. The van der Waals surface area contributed by atoms with Gasteiger partial charge in [-0.3, -0.25) is 0 Å². The molecule has 0 unspecified atom stereocenters. The van der Waals surface area contributed by atoms with Crippen molar-refractivity contribution >= 4 is 54.3 Å². The van der Waals surface area contributed by atoms with Crippen LogP contribution in [0.5, 0.6) is 0 Å². The van der Waals surface area contributed by atoms with Crippen LogP contribution in [0.25, 0.3) is 110 Å². The maximum atomic E-state index is 6.61. The van der Waals surface area contributed by atoms with Crippen molar-refractivity contribution in [1.29, 1.82) is 0 Å². The van der Waals surface area contributed by atoms with E-state index in [2.05, 4.69) is 182 Å². The van der Waals surface area contributed by atoms with Gasteiger partial charge < -0.3 is 4.42 Å². The van der Waals surface area contributed by atoms with E-state index in [-0.39, 0.29) is 0 Å². The smallest absolute Gasteiger partial charge is 0.160 e. The van der Waals surface area contributed by atoms with Crippen LogP contribution in [0.2, 0.25) is 0 Å². The third-order valence-corrected chi connectivity index (χ3v) is 10.9. The topological polar surface area (TPSA) is 38.9 Å². The maximum Gasteiger partial charge on any atom is 0.160 e. The quantitative estimate of drug-likeness (QED) is 0.168. The lowest BCUT2D eigenvalue weighted by atomic mass is 9.91. The molecule has 0 radical (unpaired) electrons. The number of fused-ring (bicyclic) bond motifs is 9. The predicted molar refractivity (Wildman–Crippen MR) is 229 cm³/mol. The largest absolute Gasteiger partial charge is 0.456 e. The molecule has 3 heteroatoms. The highest BCUT2D eigenvalue weighted by molar-refractivity contribution is 6.28. The molecule has 9 aromatic carbocycles. The van der Waals surface area contributed by atoms with Gasteiger partial charge in [0.25, 0.3) is 0 Å². The summed E-state index contributed by atoms with van der Waals surface area (Å²) in [5, 5.41) is 9.48. The Morgan fingerprint density at radius 2 is 0.745 bits per heavy atom. The van der Waals surface area contributed by atoms with E-state index in [0.717, 1.165) is 61.1 Å². The van der Waals surface area contributed by atoms with E-state index in [4.69, 9.17) is 14.4 Å². The average Bonchev–Trinajstić information content (AvgIpc) is 3.63. The fourth-order valence-corrected chi connectivity index (χ4v) is 8.14. The molecular formula is C52H32N2O. The lowest BCUT2D eigenvalue weighted by molar-refractivity contribution is 0.669. The Kier molecular flexibility index (Phi) is 7.17. The molecule has 55 heavy (non-hydrogen) atoms. The molecule has 0 amide bonds. The highest BCUT2D eigenvalue weighted by atomic mass is 16.3. The Bertz CT molecular complexity index is 3240. The van der Waals surface area contributed by atoms with Crippen LogP contribution < -0.4 is 0 Å². The van der Waals surface area contributed by atoms with Crippen LogP contribution in [0.4, 0.5) is 0 Å². The van der Waals surface area contributed by atoms with Crippen LogP contribution >= 0.6 is 0 Å². The van der Waals surface area contributed by atoms with Crippen molar-refractivity contribution in [2.24, 2.45) is 0 Å². The summed E-state index contributed by atoms with van der Waals surface area (Å²) in [6.07, 6.45) is 0. The number of rotatable bonds is 5. The van der Waals surface area contributed by atoms with Crippen LogP contribution in [-0.2, 0) is 0 Å². The zero-order valence-electron chi connectivity index (χ0n) is 29.8. The maximum absolute atomic E-state index is 6.61. The molecule has 2 heterocycles. The molecule has 0 saturated carbocycles. The lowest BCUT2D eigenvalue weighted by Crippen LogP contribution is -1.96. The van der Waals surface area contributed by atoms with Crippen molar-refractivity contribution in [3.8, 4) is 56.2 Å². The van der Waals surface area contributed by atoms with E-state index in [9.17, 15) is 0 Å². The molecular weight excluding hydrogens is 669 g/mol. The van der Waals surface area contributed by atoms with E-state index in [0.29, 0.717) is 5.82 Å². The Morgan fingerprint density at radius 3 is 1.45 bits per heavy atom. The zero-order valence-corrected chi connectivity index (χ0v) is 29.8. The van der Waals surface area contributed by atoms with Gasteiger partial charge in [-0.1, -0.05) is 146 Å². The van der Waals surface area contributed by atoms with Crippen molar-refractivity contribution in [3.05, 3.63) is 194 Å². The highest BCUT2D eigenvalue weighted by Crippen LogP contribution is 2.42. The number of benzene rings is 9. The fraction of sp³-hybridized carbons (Fsp3) is 0. The SMILES string of the molecule is c1ccc(-c2cccc(-c3nc(-c4ccccc4)cc(-c4ccc5oc6cc7c8ccc(-c9ccccc9)cc8c8ccccc8c7cc6c5c4)n3)c2)cc1. The van der Waals surface area contributed by atoms with Gasteiger partial charge in [-0.2, -0.15) is 0 Å². The molecule has 2 aromatic heterocycles. The molecule has 0 aliphatic rings. The van der Waals surface area contributed by atoms with Gasteiger partial charge in [-0.25, -0.2) is 9.97 Å². The second kappa shape index (κ2) is 12.6. The average molecular weight is 701 g/mol. The van der Waals surface area contributed by atoms with Crippen molar-refractivity contribution < 1.29 is 4.42 Å². The van der Waals surface area contributed by atoms with Crippen LogP contribution in [-0.4, -0.2) is 9.97 Å². The predicted octanol–water partition coefficient (Wildman–Crippen LogP) is 14.2. The standard InChI is InChI=1S/C52H32N2O/c1-4-13-33(14-5-1)36-19-12-20-39(27-36)52-53-48(35-17-8-3-9-18-35)32-49(54-52)38-24-26-50-46(29-38)47-30-44-41-22-11-10-21-40(41)43-28-37(34-15-6-2-7-16-34)23-25-42(43)45(44)31-51(47)55-50/h1-32H. The van der Waals surface area contributed by atoms with Gasteiger partial charge in [0.1, 0.15) is 11.2 Å². The van der Waals surface area contributed by atoms with E-state index in [1.165, 1.54) is 43.4 Å². The fourth-order valence-electron chi connectivity index (χ4n) is 8.14. The molecule has 0 atom stereocenters. The van der Waals surface area contributed by atoms with Crippen LogP contribution in [0, 0.1) is 0 Å². The molecule has 3 nitrogen and oxygen atoms in total. The van der Waals surface area contributed by atoms with Gasteiger partial charge in [-0.15, -0.1) is 0 Å². The van der Waals surface area contributed by atoms with Gasteiger partial charge in [0, 0.05) is 27.5 Å². The molecule has 0 bridgehead atoms. The van der Waals surface area contributed by atoms with Crippen LogP contribution in [0.15, 0.2) is 199 Å². The summed E-state index contributed by atoms with van der Waals surface area (Å²) in [6, 6.07) is 68.5. The minimum absolute atomic E-state index is 0.686.